The molecule has 10 heteroatoms. The van der Waals surface area contributed by atoms with Gasteiger partial charge in [0.05, 0.1) is 22.4 Å². The Hall–Kier alpha value is -15.5. The molecule has 4 aromatic heterocycles. The quantitative estimate of drug-likeness (QED) is 0.112. The van der Waals surface area contributed by atoms with Crippen molar-refractivity contribution in [3.8, 4) is 147 Å². The Morgan fingerprint density at radius 3 is 0.898 bits per heavy atom. The lowest BCUT2D eigenvalue weighted by Gasteiger charge is -2.23. The molecule has 6 heterocycles. The maximum absolute atomic E-state index is 7.05. The SMILES string of the molecule is C1=CC2c3c(cccc3-c3nc(-c4ccccc4)nc(-c4ccc(-c5ccccc5)cc4)n3)OC2c2c1n(-c1cccc(-c3ccc(-c4ccccc4)cc3)c1)c1ccccc21.C1=CC2c3c(cccc3-c3nc(-c4ccccc4)nc(-c4cccc(-c5ccccc5)c4)n3)OC2c2c1n(-c1cccc(-c3ccccc3)c1)c1ccccc21. The van der Waals surface area contributed by atoms with Crippen LogP contribution in [0.4, 0.5) is 0 Å². The zero-order valence-corrected chi connectivity index (χ0v) is 64.0. The van der Waals surface area contributed by atoms with Crippen LogP contribution < -0.4 is 9.47 Å². The standard InChI is InChI=1S/C57H38N4O.C51H34N4O/c1-4-14-37(15-5-1)39-26-28-41(29-27-39)44-20-12-21-45(36-44)61-49-24-11-10-22-46(49)53-50(61)35-34-47-52-48(23-13-25-51(52)62-54(47)53)57-59-55(42-18-8-3-9-19-42)58-56(60-57)43-32-30-40(31-33-43)38-16-6-2-7-17-38;1-4-15-33(16-5-1)36-21-12-23-38(31-36)50-52-49(35-19-8-3-9-20-35)53-51(54-50)42-26-14-28-45-46(42)41-29-30-44-47(48(41)56-45)40-25-10-11-27-43(40)55(44)39-24-13-22-37(32-39)34-17-6-2-7-18-34/h1-36,47,54H;1-32,41,48H. The lowest BCUT2D eigenvalue weighted by atomic mass is 9.83. The fourth-order valence-electron chi connectivity index (χ4n) is 17.8. The van der Waals surface area contributed by atoms with Crippen LogP contribution in [0.1, 0.15) is 57.7 Å². The summed E-state index contributed by atoms with van der Waals surface area (Å²) < 4.78 is 18.8. The number of fused-ring (bicyclic) bond motifs is 14. The van der Waals surface area contributed by atoms with E-state index in [1.807, 2.05) is 48.5 Å². The third-order valence-corrected chi connectivity index (χ3v) is 23.3. The van der Waals surface area contributed by atoms with E-state index in [1.165, 1.54) is 60.8 Å². The summed E-state index contributed by atoms with van der Waals surface area (Å²) in [6.07, 6.45) is 8.74. The van der Waals surface area contributed by atoms with Crippen molar-refractivity contribution >= 4 is 34.0 Å². The van der Waals surface area contributed by atoms with E-state index in [9.17, 15) is 0 Å². The van der Waals surface area contributed by atoms with E-state index in [1.54, 1.807) is 0 Å². The number of para-hydroxylation sites is 2. The zero-order chi connectivity index (χ0) is 78.0. The number of rotatable bonds is 13. The van der Waals surface area contributed by atoms with E-state index in [0.717, 1.165) is 106 Å². The normalized spacial score (nSPS) is 15.0. The molecule has 2 aliphatic heterocycles. The third-order valence-electron chi connectivity index (χ3n) is 23.3. The van der Waals surface area contributed by atoms with Crippen LogP contribution in [-0.2, 0) is 0 Å². The van der Waals surface area contributed by atoms with Gasteiger partial charge in [-0.2, -0.15) is 0 Å². The monoisotopic (exact) mass is 1510 g/mol. The molecule has 19 aromatic rings. The molecule has 556 valence electrons. The first-order chi connectivity index (χ1) is 58.5. The van der Waals surface area contributed by atoms with E-state index in [0.29, 0.717) is 34.9 Å². The van der Waals surface area contributed by atoms with Gasteiger partial charge in [0, 0.05) is 89.6 Å². The Balaban J connectivity index is 0.000000143. The molecule has 0 bridgehead atoms. The topological polar surface area (TPSA) is 106 Å². The molecule has 23 rings (SSSR count). The van der Waals surface area contributed by atoms with Crippen molar-refractivity contribution in [2.24, 2.45) is 0 Å². The average molecular weight is 1510 g/mol. The lowest BCUT2D eigenvalue weighted by Crippen LogP contribution is -2.14. The minimum atomic E-state index is -0.230. The Labute approximate surface area is 683 Å². The molecule has 0 N–H and O–H groups in total. The van der Waals surface area contributed by atoms with Crippen LogP contribution in [0.5, 0.6) is 11.5 Å². The number of hydrogen-bond donors (Lipinski definition) is 0. The van der Waals surface area contributed by atoms with E-state index in [2.05, 4.69) is 373 Å². The van der Waals surface area contributed by atoms with Crippen LogP contribution in [0.3, 0.4) is 0 Å². The average Bonchev–Trinajstić information content (AvgIpc) is 1.56. The van der Waals surface area contributed by atoms with E-state index in [-0.39, 0.29) is 24.0 Å². The number of ether oxygens (including phenoxy) is 2. The Kier molecular flexibility index (Phi) is 17.3. The van der Waals surface area contributed by atoms with Gasteiger partial charge in [0.2, 0.25) is 0 Å². The number of benzene rings is 15. The summed E-state index contributed by atoms with van der Waals surface area (Å²) in [5, 5.41) is 2.37. The highest BCUT2D eigenvalue weighted by Gasteiger charge is 2.44. The molecule has 15 aromatic carbocycles. The Morgan fingerprint density at radius 1 is 0.212 bits per heavy atom. The summed E-state index contributed by atoms with van der Waals surface area (Å²) in [6, 6.07) is 136. The molecule has 4 atom stereocenters. The minimum absolute atomic E-state index is 0.0367. The van der Waals surface area contributed by atoms with Gasteiger partial charge >= 0.3 is 0 Å². The second-order valence-electron chi connectivity index (χ2n) is 30.2. The van der Waals surface area contributed by atoms with Gasteiger partial charge in [-0.3, -0.25) is 0 Å². The number of hydrogen-bond acceptors (Lipinski definition) is 8. The molecule has 0 radical (unpaired) electrons. The maximum Gasteiger partial charge on any atom is 0.164 e. The van der Waals surface area contributed by atoms with Crippen molar-refractivity contribution in [2.75, 3.05) is 0 Å². The molecule has 4 unspecified atom stereocenters. The molecule has 10 nitrogen and oxygen atoms in total. The highest BCUT2D eigenvalue weighted by Crippen LogP contribution is 2.58. The summed E-state index contributed by atoms with van der Waals surface area (Å²) in [4.78, 5) is 30.8. The predicted octanol–water partition coefficient (Wildman–Crippen LogP) is 26.5. The van der Waals surface area contributed by atoms with Crippen molar-refractivity contribution in [1.82, 2.24) is 39.0 Å². The molecular weight excluding hydrogens is 1440 g/mol. The number of aromatic nitrogens is 8. The first-order valence-corrected chi connectivity index (χ1v) is 40.1. The van der Waals surface area contributed by atoms with Crippen molar-refractivity contribution in [3.05, 3.63) is 434 Å². The smallest absolute Gasteiger partial charge is 0.164 e. The third kappa shape index (κ3) is 12.5. The predicted molar refractivity (Wildman–Crippen MR) is 476 cm³/mol. The van der Waals surface area contributed by atoms with Crippen molar-refractivity contribution in [1.29, 1.82) is 0 Å². The molecule has 118 heavy (non-hydrogen) atoms. The van der Waals surface area contributed by atoms with Crippen LogP contribution in [-0.4, -0.2) is 39.0 Å². The summed E-state index contributed by atoms with van der Waals surface area (Å²) in [6.45, 7) is 0. The van der Waals surface area contributed by atoms with Gasteiger partial charge < -0.3 is 18.6 Å². The van der Waals surface area contributed by atoms with E-state index in [4.69, 9.17) is 39.4 Å². The molecule has 0 spiro atoms. The fraction of sp³-hybridized carbons (Fsp3) is 0.0370. The summed E-state index contributed by atoms with van der Waals surface area (Å²) in [5.41, 5.74) is 28.7. The van der Waals surface area contributed by atoms with Crippen LogP contribution in [0.15, 0.2) is 400 Å². The van der Waals surface area contributed by atoms with Crippen molar-refractivity contribution < 1.29 is 9.47 Å². The molecular formula is C108H72N8O2. The van der Waals surface area contributed by atoms with Gasteiger partial charge in [0.1, 0.15) is 23.7 Å². The maximum atomic E-state index is 7.05. The zero-order valence-electron chi connectivity index (χ0n) is 64.0. The van der Waals surface area contributed by atoms with E-state index < -0.39 is 0 Å². The molecule has 0 fully saturated rings. The van der Waals surface area contributed by atoms with Gasteiger partial charge in [-0.05, 0) is 122 Å². The Morgan fingerprint density at radius 2 is 0.492 bits per heavy atom. The summed E-state index contributed by atoms with van der Waals surface area (Å²) in [5.74, 6) is 5.38. The second-order valence-corrected chi connectivity index (χ2v) is 30.2. The molecule has 0 saturated carbocycles. The van der Waals surface area contributed by atoms with Gasteiger partial charge in [-0.1, -0.05) is 346 Å². The van der Waals surface area contributed by atoms with Crippen LogP contribution in [0.2, 0.25) is 0 Å². The molecule has 2 aliphatic carbocycles. The minimum Gasteiger partial charge on any atom is -0.484 e. The van der Waals surface area contributed by atoms with Crippen LogP contribution in [0, 0.1) is 0 Å². The van der Waals surface area contributed by atoms with Gasteiger partial charge in [-0.25, -0.2) is 29.9 Å². The summed E-state index contributed by atoms with van der Waals surface area (Å²) in [7, 11) is 0. The Bertz CT molecular complexity index is 7110. The van der Waals surface area contributed by atoms with Crippen molar-refractivity contribution in [3.63, 3.8) is 0 Å². The van der Waals surface area contributed by atoms with Crippen molar-refractivity contribution in [2.45, 2.75) is 24.0 Å². The second kappa shape index (κ2) is 29.5. The fourth-order valence-corrected chi connectivity index (χ4v) is 17.8. The van der Waals surface area contributed by atoms with Gasteiger partial charge in [0.25, 0.3) is 0 Å². The highest BCUT2D eigenvalue weighted by molar-refractivity contribution is 5.95. The molecule has 4 aliphatic rings. The lowest BCUT2D eigenvalue weighted by molar-refractivity contribution is 0.224. The van der Waals surface area contributed by atoms with Crippen LogP contribution >= 0.6 is 0 Å². The highest BCUT2D eigenvalue weighted by atomic mass is 16.5. The van der Waals surface area contributed by atoms with Gasteiger partial charge in [-0.15, -0.1) is 0 Å². The van der Waals surface area contributed by atoms with E-state index >= 15 is 0 Å². The number of nitrogens with zero attached hydrogens (tertiary/aromatic N) is 8. The first kappa shape index (κ1) is 69.2. The van der Waals surface area contributed by atoms with Gasteiger partial charge in [0.15, 0.2) is 34.9 Å². The van der Waals surface area contributed by atoms with Crippen LogP contribution in [0.25, 0.3) is 169 Å². The largest absolute Gasteiger partial charge is 0.484 e. The summed E-state index contributed by atoms with van der Waals surface area (Å²) >= 11 is 0. The molecule has 0 saturated heterocycles. The molecule has 0 amide bonds. The first-order valence-electron chi connectivity index (χ1n) is 40.1.